The lowest BCUT2D eigenvalue weighted by atomic mass is 9.99. The maximum absolute atomic E-state index is 5.35. The van der Waals surface area contributed by atoms with E-state index in [4.69, 9.17) is 19.9 Å². The summed E-state index contributed by atoms with van der Waals surface area (Å²) in [5.41, 5.74) is 4.85. The van der Waals surface area contributed by atoms with Crippen LogP contribution in [0.4, 0.5) is 0 Å². The van der Waals surface area contributed by atoms with Crippen LogP contribution < -0.4 is 5.73 Å². The molecule has 0 spiro atoms. The molecule has 0 aliphatic carbocycles. The average molecular weight is 291 g/mol. The third-order valence-electron chi connectivity index (χ3n) is 3.45. The molecule has 1 atom stereocenters. The molecule has 4 heteroatoms. The minimum atomic E-state index is -0.872. The molecule has 2 N–H and O–H groups in total. The van der Waals surface area contributed by atoms with Crippen molar-refractivity contribution in [3.8, 4) is 0 Å². The van der Waals surface area contributed by atoms with Gasteiger partial charge in [0, 0.05) is 27.2 Å². The fourth-order valence-electron chi connectivity index (χ4n) is 2.26. The second-order valence-electron chi connectivity index (χ2n) is 5.08. The average Bonchev–Trinajstić information content (AvgIpc) is 2.46. The topological polar surface area (TPSA) is 53.7 Å². The second-order valence-corrected chi connectivity index (χ2v) is 5.08. The quantitative estimate of drug-likeness (QED) is 0.463. The normalized spacial score (nSPS) is 12.8. The number of rotatable bonds is 11. The molecular formula is C16H37NO3. The third kappa shape index (κ3) is 9.70. The van der Waals surface area contributed by atoms with Crippen LogP contribution in [-0.4, -0.2) is 33.8 Å². The lowest BCUT2D eigenvalue weighted by Crippen LogP contribution is -2.42. The van der Waals surface area contributed by atoms with Gasteiger partial charge in [-0.1, -0.05) is 59.3 Å². The molecule has 20 heavy (non-hydrogen) atoms. The van der Waals surface area contributed by atoms with Crippen molar-refractivity contribution in [2.24, 2.45) is 11.7 Å². The van der Waals surface area contributed by atoms with Crippen LogP contribution in [0.25, 0.3) is 0 Å². The van der Waals surface area contributed by atoms with Crippen molar-refractivity contribution in [1.82, 2.24) is 0 Å². The molecule has 0 bridgehead atoms. The summed E-state index contributed by atoms with van der Waals surface area (Å²) in [5, 5.41) is 0. The first-order chi connectivity index (χ1) is 9.58. The van der Waals surface area contributed by atoms with Crippen LogP contribution in [-0.2, 0) is 14.2 Å². The smallest absolute Gasteiger partial charge is 0.284 e. The molecule has 0 rings (SSSR count). The molecule has 0 radical (unpaired) electrons. The van der Waals surface area contributed by atoms with E-state index in [1.54, 1.807) is 21.3 Å². The van der Waals surface area contributed by atoms with Gasteiger partial charge in [0.25, 0.3) is 5.97 Å². The Morgan fingerprint density at radius 1 is 0.850 bits per heavy atom. The molecule has 0 saturated carbocycles. The van der Waals surface area contributed by atoms with Gasteiger partial charge in [0.1, 0.15) is 0 Å². The van der Waals surface area contributed by atoms with Crippen LogP contribution in [0.2, 0.25) is 0 Å². The summed E-state index contributed by atoms with van der Waals surface area (Å²) in [4.78, 5) is 0. The van der Waals surface area contributed by atoms with Crippen LogP contribution in [0.1, 0.15) is 65.7 Å². The highest BCUT2D eigenvalue weighted by molar-refractivity contribution is 4.66. The zero-order valence-corrected chi connectivity index (χ0v) is 14.5. The number of nitrogens with two attached hydrogens (primary N) is 1. The minimum Gasteiger partial charge on any atom is -0.331 e. The SMILES string of the molecule is CCCCCCCCC(C)C(OC)(OC)OC.CCN. The fraction of sp³-hybridized carbons (Fsp3) is 1.00. The van der Waals surface area contributed by atoms with Crippen molar-refractivity contribution in [2.45, 2.75) is 71.7 Å². The van der Waals surface area contributed by atoms with Crippen LogP contribution in [0, 0.1) is 5.92 Å². The second kappa shape index (κ2) is 15.2. The summed E-state index contributed by atoms with van der Waals surface area (Å²) >= 11 is 0. The van der Waals surface area contributed by atoms with Crippen molar-refractivity contribution < 1.29 is 14.2 Å². The lowest BCUT2D eigenvalue weighted by Gasteiger charge is -2.34. The fourth-order valence-corrected chi connectivity index (χ4v) is 2.26. The first kappa shape index (κ1) is 22.1. The highest BCUT2D eigenvalue weighted by Crippen LogP contribution is 2.27. The molecule has 0 aromatic rings. The van der Waals surface area contributed by atoms with E-state index in [2.05, 4.69) is 13.8 Å². The Hall–Kier alpha value is -0.160. The Morgan fingerprint density at radius 3 is 1.65 bits per heavy atom. The van der Waals surface area contributed by atoms with Gasteiger partial charge in [0.2, 0.25) is 0 Å². The van der Waals surface area contributed by atoms with E-state index in [0.29, 0.717) is 0 Å². The Balaban J connectivity index is 0. The maximum Gasteiger partial charge on any atom is 0.284 e. The molecule has 0 heterocycles. The monoisotopic (exact) mass is 291 g/mol. The van der Waals surface area contributed by atoms with E-state index < -0.39 is 5.97 Å². The van der Waals surface area contributed by atoms with E-state index in [1.807, 2.05) is 6.92 Å². The van der Waals surface area contributed by atoms with Crippen LogP contribution in [0.3, 0.4) is 0 Å². The van der Waals surface area contributed by atoms with E-state index in [-0.39, 0.29) is 5.92 Å². The van der Waals surface area contributed by atoms with E-state index in [1.165, 1.54) is 38.5 Å². The number of hydrogen-bond donors (Lipinski definition) is 1. The summed E-state index contributed by atoms with van der Waals surface area (Å²) in [6, 6.07) is 0. The highest BCUT2D eigenvalue weighted by Gasteiger charge is 2.36. The summed E-state index contributed by atoms with van der Waals surface area (Å²) in [6.45, 7) is 7.01. The zero-order valence-electron chi connectivity index (χ0n) is 14.5. The number of unbranched alkanes of at least 4 members (excludes halogenated alkanes) is 5. The van der Waals surface area contributed by atoms with Crippen LogP contribution >= 0.6 is 0 Å². The third-order valence-corrected chi connectivity index (χ3v) is 3.45. The number of hydrogen-bond acceptors (Lipinski definition) is 4. The Labute approximate surface area is 126 Å². The Bertz CT molecular complexity index is 176. The first-order valence-electron chi connectivity index (χ1n) is 7.93. The van der Waals surface area contributed by atoms with Gasteiger partial charge in [0.15, 0.2) is 0 Å². The summed E-state index contributed by atoms with van der Waals surface area (Å²) in [5.74, 6) is -0.627. The molecule has 0 fully saturated rings. The molecule has 0 aromatic carbocycles. The van der Waals surface area contributed by atoms with Crippen molar-refractivity contribution in [2.75, 3.05) is 27.9 Å². The molecule has 0 aromatic heterocycles. The van der Waals surface area contributed by atoms with Gasteiger partial charge >= 0.3 is 0 Å². The van der Waals surface area contributed by atoms with Gasteiger partial charge in [-0.25, -0.2) is 0 Å². The molecule has 124 valence electrons. The molecular weight excluding hydrogens is 254 g/mol. The van der Waals surface area contributed by atoms with Crippen LogP contribution in [0.5, 0.6) is 0 Å². The summed E-state index contributed by atoms with van der Waals surface area (Å²) in [6.07, 6.45) is 8.92. The molecule has 0 amide bonds. The standard InChI is InChI=1S/C14H30O3.C2H7N/c1-6-7-8-9-10-11-12-13(2)14(15-3,16-4)17-5;1-2-3/h13H,6-12H2,1-5H3;2-3H2,1H3. The lowest BCUT2D eigenvalue weighted by molar-refractivity contribution is -0.377. The van der Waals surface area contributed by atoms with Gasteiger partial charge in [-0.15, -0.1) is 0 Å². The van der Waals surface area contributed by atoms with Gasteiger partial charge < -0.3 is 19.9 Å². The van der Waals surface area contributed by atoms with Crippen molar-refractivity contribution >= 4 is 0 Å². The summed E-state index contributed by atoms with van der Waals surface area (Å²) in [7, 11) is 4.89. The van der Waals surface area contributed by atoms with Crippen molar-refractivity contribution in [3.05, 3.63) is 0 Å². The zero-order chi connectivity index (χ0) is 15.9. The van der Waals surface area contributed by atoms with E-state index in [0.717, 1.165) is 13.0 Å². The first-order valence-corrected chi connectivity index (χ1v) is 7.93. The minimum absolute atomic E-state index is 0.244. The van der Waals surface area contributed by atoms with Gasteiger partial charge in [-0.2, -0.15) is 0 Å². The number of methoxy groups -OCH3 is 3. The van der Waals surface area contributed by atoms with Crippen molar-refractivity contribution in [3.63, 3.8) is 0 Å². The van der Waals surface area contributed by atoms with Crippen LogP contribution in [0.15, 0.2) is 0 Å². The predicted octanol–water partition coefficient (Wildman–Crippen LogP) is 3.93. The molecule has 0 aliphatic rings. The highest BCUT2D eigenvalue weighted by atomic mass is 16.9. The van der Waals surface area contributed by atoms with Gasteiger partial charge in [-0.3, -0.25) is 0 Å². The predicted molar refractivity (Wildman–Crippen MR) is 85.6 cm³/mol. The Kier molecular flexibility index (Phi) is 16.9. The number of ether oxygens (including phenoxy) is 3. The largest absolute Gasteiger partial charge is 0.331 e. The summed E-state index contributed by atoms with van der Waals surface area (Å²) < 4.78 is 16.0. The van der Waals surface area contributed by atoms with Gasteiger partial charge in [-0.05, 0) is 13.0 Å². The molecule has 0 aliphatic heterocycles. The molecule has 1 unspecified atom stereocenters. The molecule has 4 nitrogen and oxygen atoms in total. The van der Waals surface area contributed by atoms with Gasteiger partial charge in [0.05, 0.1) is 0 Å². The Morgan fingerprint density at radius 2 is 1.25 bits per heavy atom. The van der Waals surface area contributed by atoms with Crippen molar-refractivity contribution in [1.29, 1.82) is 0 Å². The molecule has 0 saturated heterocycles. The maximum atomic E-state index is 5.35. The van der Waals surface area contributed by atoms with E-state index in [9.17, 15) is 0 Å². The van der Waals surface area contributed by atoms with E-state index >= 15 is 0 Å².